The fourth-order valence-corrected chi connectivity index (χ4v) is 3.76. The number of fused-ring (bicyclic) bond motifs is 2. The molecule has 2 aromatic carbocycles. The van der Waals surface area contributed by atoms with Crippen LogP contribution in [0.3, 0.4) is 0 Å². The lowest BCUT2D eigenvalue weighted by molar-refractivity contribution is 0.0970. The van der Waals surface area contributed by atoms with Gasteiger partial charge in [-0.05, 0) is 54.4 Å². The third kappa shape index (κ3) is 2.67. The first-order chi connectivity index (χ1) is 14.4. The van der Waals surface area contributed by atoms with Crippen LogP contribution in [0.25, 0.3) is 11.0 Å². The van der Waals surface area contributed by atoms with Gasteiger partial charge in [0, 0.05) is 6.20 Å². The molecule has 1 N–H and O–H groups in total. The second kappa shape index (κ2) is 6.52. The molecule has 0 saturated heterocycles. The minimum Gasteiger partial charge on any atom is -0.508 e. The van der Waals surface area contributed by atoms with Crippen LogP contribution in [0.15, 0.2) is 70.0 Å². The number of halogens is 1. The van der Waals surface area contributed by atoms with E-state index >= 15 is 0 Å². The number of hydrogen-bond donors (Lipinski definition) is 1. The molecule has 0 radical (unpaired) electrons. The van der Waals surface area contributed by atoms with E-state index in [9.17, 15) is 19.1 Å². The molecule has 0 saturated carbocycles. The topological polar surface area (TPSA) is 83.6 Å². The van der Waals surface area contributed by atoms with Crippen LogP contribution in [0.4, 0.5) is 10.2 Å². The first kappa shape index (κ1) is 18.1. The van der Waals surface area contributed by atoms with Crippen molar-refractivity contribution in [3.63, 3.8) is 0 Å². The molecule has 0 aliphatic carbocycles. The molecule has 1 aliphatic rings. The third-order valence-electron chi connectivity index (χ3n) is 5.18. The van der Waals surface area contributed by atoms with Gasteiger partial charge >= 0.3 is 0 Å². The molecular formula is C23H15FN2O4. The van der Waals surface area contributed by atoms with Crippen molar-refractivity contribution in [2.45, 2.75) is 13.0 Å². The predicted octanol–water partition coefficient (Wildman–Crippen LogP) is 4.09. The van der Waals surface area contributed by atoms with Gasteiger partial charge in [-0.25, -0.2) is 9.37 Å². The van der Waals surface area contributed by atoms with Crippen LogP contribution in [0, 0.1) is 12.7 Å². The quantitative estimate of drug-likeness (QED) is 0.546. The Morgan fingerprint density at radius 3 is 2.53 bits per heavy atom. The molecular weight excluding hydrogens is 387 g/mol. The van der Waals surface area contributed by atoms with Crippen molar-refractivity contribution in [1.29, 1.82) is 0 Å². The number of rotatable bonds is 2. The van der Waals surface area contributed by atoms with E-state index < -0.39 is 23.2 Å². The van der Waals surface area contributed by atoms with E-state index in [0.717, 1.165) is 11.6 Å². The minimum absolute atomic E-state index is 0.0518. The highest BCUT2D eigenvalue weighted by Gasteiger charge is 2.44. The Balaban J connectivity index is 1.81. The van der Waals surface area contributed by atoms with E-state index in [1.54, 1.807) is 24.4 Å². The Hall–Kier alpha value is -4.00. The number of carbonyl (C=O) groups excluding carboxylic acids is 1. The minimum atomic E-state index is -0.827. The standard InChI is InChI=1S/C23H15FN2O4/c1-12-2-9-18(25-11-12)26-20(13-3-6-15(27)7-4-13)19-21(28)16-10-14(24)5-8-17(16)30-22(19)23(26)29/h2-11,20,27H,1H3. The molecule has 30 heavy (non-hydrogen) atoms. The molecule has 0 fully saturated rings. The van der Waals surface area contributed by atoms with Gasteiger partial charge in [-0.3, -0.25) is 14.5 Å². The number of anilines is 1. The first-order valence-corrected chi connectivity index (χ1v) is 9.25. The molecule has 2 aromatic heterocycles. The van der Waals surface area contributed by atoms with Crippen molar-refractivity contribution in [1.82, 2.24) is 4.98 Å². The molecule has 7 heteroatoms. The van der Waals surface area contributed by atoms with Crippen LogP contribution in [-0.2, 0) is 0 Å². The van der Waals surface area contributed by atoms with Crippen molar-refractivity contribution in [2.24, 2.45) is 0 Å². The molecule has 4 aromatic rings. The average Bonchev–Trinajstić information content (AvgIpc) is 3.03. The number of phenols is 1. The van der Waals surface area contributed by atoms with Crippen LogP contribution in [0.1, 0.15) is 33.3 Å². The lowest BCUT2D eigenvalue weighted by Crippen LogP contribution is -2.30. The van der Waals surface area contributed by atoms with Gasteiger partial charge in [0.2, 0.25) is 5.76 Å². The number of aromatic nitrogens is 1. The number of nitrogens with zero attached hydrogens (tertiary/aromatic N) is 2. The molecule has 5 rings (SSSR count). The molecule has 0 spiro atoms. The van der Waals surface area contributed by atoms with Gasteiger partial charge < -0.3 is 9.52 Å². The van der Waals surface area contributed by atoms with Gasteiger partial charge in [-0.1, -0.05) is 18.2 Å². The number of hydrogen-bond acceptors (Lipinski definition) is 5. The summed E-state index contributed by atoms with van der Waals surface area (Å²) in [5.74, 6) is -0.778. The van der Waals surface area contributed by atoms with E-state index in [0.29, 0.717) is 11.4 Å². The lowest BCUT2D eigenvalue weighted by Gasteiger charge is -2.24. The van der Waals surface area contributed by atoms with E-state index in [4.69, 9.17) is 4.42 Å². The fourth-order valence-electron chi connectivity index (χ4n) is 3.76. The highest BCUT2D eigenvalue weighted by atomic mass is 19.1. The fraction of sp³-hybridized carbons (Fsp3) is 0.0870. The van der Waals surface area contributed by atoms with Gasteiger partial charge in [-0.2, -0.15) is 0 Å². The summed E-state index contributed by atoms with van der Waals surface area (Å²) < 4.78 is 19.6. The van der Waals surface area contributed by atoms with Crippen molar-refractivity contribution < 1.29 is 18.7 Å². The molecule has 3 heterocycles. The summed E-state index contributed by atoms with van der Waals surface area (Å²) in [5.41, 5.74) is 1.28. The van der Waals surface area contributed by atoms with Crippen LogP contribution < -0.4 is 10.3 Å². The monoisotopic (exact) mass is 402 g/mol. The van der Waals surface area contributed by atoms with Gasteiger partial charge in [0.15, 0.2) is 5.43 Å². The highest BCUT2D eigenvalue weighted by molar-refractivity contribution is 6.10. The number of amides is 1. The number of carbonyl (C=O) groups is 1. The summed E-state index contributed by atoms with van der Waals surface area (Å²) in [4.78, 5) is 32.4. The van der Waals surface area contributed by atoms with E-state index in [1.165, 1.54) is 29.2 Å². The van der Waals surface area contributed by atoms with E-state index in [-0.39, 0.29) is 28.0 Å². The normalized spacial score (nSPS) is 15.6. The van der Waals surface area contributed by atoms with Gasteiger partial charge in [0.1, 0.15) is 23.0 Å². The summed E-state index contributed by atoms with van der Waals surface area (Å²) >= 11 is 0. The summed E-state index contributed by atoms with van der Waals surface area (Å²) in [7, 11) is 0. The number of benzene rings is 2. The summed E-state index contributed by atoms with van der Waals surface area (Å²) in [6.45, 7) is 1.88. The number of pyridine rings is 1. The number of aromatic hydroxyl groups is 1. The summed E-state index contributed by atoms with van der Waals surface area (Å²) in [6.07, 6.45) is 1.63. The Labute approximate surface area is 169 Å². The number of aryl methyl sites for hydroxylation is 1. The maximum Gasteiger partial charge on any atom is 0.296 e. The Morgan fingerprint density at radius 1 is 1.07 bits per heavy atom. The predicted molar refractivity (Wildman–Crippen MR) is 108 cm³/mol. The van der Waals surface area contributed by atoms with E-state index in [2.05, 4.69) is 4.98 Å². The number of phenolic OH excluding ortho intramolecular Hbond substituents is 1. The Bertz CT molecular complexity index is 1360. The molecule has 1 atom stereocenters. The zero-order valence-corrected chi connectivity index (χ0v) is 15.8. The van der Waals surface area contributed by atoms with Crippen molar-refractivity contribution in [3.8, 4) is 5.75 Å². The average molecular weight is 402 g/mol. The van der Waals surface area contributed by atoms with E-state index in [1.807, 2.05) is 13.0 Å². The lowest BCUT2D eigenvalue weighted by atomic mass is 9.98. The summed E-state index contributed by atoms with van der Waals surface area (Å²) in [6, 6.07) is 12.5. The largest absolute Gasteiger partial charge is 0.508 e. The molecule has 0 bridgehead atoms. The third-order valence-corrected chi connectivity index (χ3v) is 5.18. The highest BCUT2D eigenvalue weighted by Crippen LogP contribution is 2.40. The van der Waals surface area contributed by atoms with Gasteiger partial charge in [0.25, 0.3) is 5.91 Å². The first-order valence-electron chi connectivity index (χ1n) is 9.25. The second-order valence-corrected chi connectivity index (χ2v) is 7.18. The Kier molecular flexibility index (Phi) is 3.92. The van der Waals surface area contributed by atoms with Gasteiger partial charge in [0.05, 0.1) is 17.0 Å². The maximum absolute atomic E-state index is 13.8. The molecule has 6 nitrogen and oxygen atoms in total. The Morgan fingerprint density at radius 2 is 1.83 bits per heavy atom. The van der Waals surface area contributed by atoms with Gasteiger partial charge in [-0.15, -0.1) is 0 Å². The van der Waals surface area contributed by atoms with Crippen LogP contribution in [0.5, 0.6) is 5.75 Å². The summed E-state index contributed by atoms with van der Waals surface area (Å²) in [5, 5.41) is 9.73. The smallest absolute Gasteiger partial charge is 0.296 e. The second-order valence-electron chi connectivity index (χ2n) is 7.18. The van der Waals surface area contributed by atoms with Crippen molar-refractivity contribution in [2.75, 3.05) is 4.90 Å². The molecule has 1 unspecified atom stereocenters. The van der Waals surface area contributed by atoms with Crippen molar-refractivity contribution in [3.05, 3.63) is 99.3 Å². The van der Waals surface area contributed by atoms with Crippen LogP contribution in [-0.4, -0.2) is 16.0 Å². The van der Waals surface area contributed by atoms with Crippen LogP contribution in [0.2, 0.25) is 0 Å². The molecule has 1 aliphatic heterocycles. The van der Waals surface area contributed by atoms with Crippen LogP contribution >= 0.6 is 0 Å². The maximum atomic E-state index is 13.8. The zero-order chi connectivity index (χ0) is 21.0. The SMILES string of the molecule is Cc1ccc(N2C(=O)c3oc4ccc(F)cc4c(=O)c3C2c2ccc(O)cc2)nc1. The zero-order valence-electron chi connectivity index (χ0n) is 15.8. The molecule has 148 valence electrons. The van der Waals surface area contributed by atoms with Crippen molar-refractivity contribution >= 4 is 22.7 Å². The molecule has 1 amide bonds.